The van der Waals surface area contributed by atoms with Crippen LogP contribution in [0.4, 0.5) is 0 Å². The van der Waals surface area contributed by atoms with Crippen LogP contribution in [-0.4, -0.2) is 48.0 Å². The van der Waals surface area contributed by atoms with Crippen molar-refractivity contribution in [1.82, 2.24) is 4.90 Å². The molecule has 1 N–H and O–H groups in total. The van der Waals surface area contributed by atoms with Gasteiger partial charge in [0.2, 0.25) is 0 Å². The lowest BCUT2D eigenvalue weighted by Crippen LogP contribution is -2.50. The van der Waals surface area contributed by atoms with Gasteiger partial charge in [-0.05, 0) is 19.8 Å². The predicted octanol–water partition coefficient (Wildman–Crippen LogP) is 1.11. The molecule has 84 valence electrons. The number of aliphatic hydroxyl groups is 1. The Morgan fingerprint density at radius 1 is 1.57 bits per heavy atom. The maximum Gasteiger partial charge on any atom is 0.0768 e. The lowest BCUT2D eigenvalue weighted by molar-refractivity contribution is -0.0675. The number of hydrogen-bond acceptors (Lipinski definition) is 3. The number of rotatable bonds is 3. The van der Waals surface area contributed by atoms with E-state index in [-0.39, 0.29) is 0 Å². The van der Waals surface area contributed by atoms with Crippen molar-refractivity contribution in [2.45, 2.75) is 39.4 Å². The summed E-state index contributed by atoms with van der Waals surface area (Å²) in [5.74, 6) is 0.292. The molecule has 0 spiro atoms. The largest absolute Gasteiger partial charge is 0.389 e. The lowest BCUT2D eigenvalue weighted by atomic mass is 9.92. The smallest absolute Gasteiger partial charge is 0.0768 e. The van der Waals surface area contributed by atoms with Crippen molar-refractivity contribution in [3.05, 3.63) is 0 Å². The van der Waals surface area contributed by atoms with Crippen molar-refractivity contribution in [2.24, 2.45) is 5.92 Å². The summed E-state index contributed by atoms with van der Waals surface area (Å²) in [6.45, 7) is 11.5. The van der Waals surface area contributed by atoms with Gasteiger partial charge in [0.25, 0.3) is 0 Å². The Hall–Kier alpha value is -0.120. The maximum absolute atomic E-state index is 10.1. The molecule has 0 saturated carbocycles. The second-order valence-electron chi connectivity index (χ2n) is 4.93. The summed E-state index contributed by atoms with van der Waals surface area (Å²) in [6, 6.07) is 0. The predicted molar refractivity (Wildman–Crippen MR) is 57.3 cm³/mol. The third kappa shape index (κ3) is 3.23. The van der Waals surface area contributed by atoms with E-state index >= 15 is 0 Å². The molecule has 1 aliphatic heterocycles. The van der Waals surface area contributed by atoms with Crippen LogP contribution >= 0.6 is 0 Å². The van der Waals surface area contributed by atoms with Crippen LogP contribution in [0.3, 0.4) is 0 Å². The summed E-state index contributed by atoms with van der Waals surface area (Å²) in [5, 5.41) is 10.1. The molecule has 14 heavy (non-hydrogen) atoms. The first-order valence-corrected chi connectivity index (χ1v) is 5.48. The quantitative estimate of drug-likeness (QED) is 0.742. The van der Waals surface area contributed by atoms with Crippen LogP contribution in [0.5, 0.6) is 0 Å². The van der Waals surface area contributed by atoms with E-state index in [2.05, 4.69) is 25.7 Å². The zero-order chi connectivity index (χ0) is 10.8. The molecule has 3 heteroatoms. The van der Waals surface area contributed by atoms with Crippen LogP contribution in [0.15, 0.2) is 0 Å². The Morgan fingerprint density at radius 3 is 2.71 bits per heavy atom. The van der Waals surface area contributed by atoms with Crippen LogP contribution in [-0.2, 0) is 4.74 Å². The number of hydrogen-bond donors (Lipinski definition) is 1. The average Bonchev–Trinajstić information content (AvgIpc) is 2.02. The van der Waals surface area contributed by atoms with E-state index in [1.807, 2.05) is 6.92 Å². The third-order valence-corrected chi connectivity index (χ3v) is 3.11. The minimum Gasteiger partial charge on any atom is -0.389 e. The van der Waals surface area contributed by atoms with Crippen molar-refractivity contribution >= 4 is 0 Å². The Kier molecular flexibility index (Phi) is 3.93. The maximum atomic E-state index is 10.1. The van der Waals surface area contributed by atoms with Crippen LogP contribution in [0.25, 0.3) is 0 Å². The summed E-state index contributed by atoms with van der Waals surface area (Å²) in [5.41, 5.74) is -0.586. The molecule has 1 aliphatic rings. The van der Waals surface area contributed by atoms with Crippen molar-refractivity contribution in [2.75, 3.05) is 26.2 Å². The summed E-state index contributed by atoms with van der Waals surface area (Å²) in [7, 11) is 0. The zero-order valence-electron chi connectivity index (χ0n) is 9.79. The Balaban J connectivity index is 2.43. The third-order valence-electron chi connectivity index (χ3n) is 3.11. The molecule has 0 aromatic carbocycles. The van der Waals surface area contributed by atoms with E-state index in [1.165, 1.54) is 0 Å². The van der Waals surface area contributed by atoms with E-state index in [0.717, 1.165) is 26.2 Å². The van der Waals surface area contributed by atoms with E-state index in [0.29, 0.717) is 12.0 Å². The van der Waals surface area contributed by atoms with Gasteiger partial charge in [0.05, 0.1) is 18.3 Å². The van der Waals surface area contributed by atoms with Gasteiger partial charge in [-0.25, -0.2) is 0 Å². The van der Waals surface area contributed by atoms with Gasteiger partial charge in [0.1, 0.15) is 0 Å². The molecule has 0 radical (unpaired) electrons. The van der Waals surface area contributed by atoms with Crippen LogP contribution in [0.2, 0.25) is 0 Å². The highest BCUT2D eigenvalue weighted by Gasteiger charge is 2.29. The van der Waals surface area contributed by atoms with E-state index in [9.17, 15) is 5.11 Å². The molecule has 1 saturated heterocycles. The van der Waals surface area contributed by atoms with Gasteiger partial charge in [-0.3, -0.25) is 4.90 Å². The molecule has 2 unspecified atom stereocenters. The minimum absolute atomic E-state index is 0.292. The zero-order valence-corrected chi connectivity index (χ0v) is 9.79. The SMILES string of the molecule is CC1CN(CC(C)(O)C(C)C)CCO1. The van der Waals surface area contributed by atoms with E-state index in [4.69, 9.17) is 4.74 Å². The molecule has 1 heterocycles. The summed E-state index contributed by atoms with van der Waals surface area (Å²) in [4.78, 5) is 2.29. The number of morpholine rings is 1. The molecule has 1 rings (SSSR count). The first kappa shape index (κ1) is 12.0. The second kappa shape index (κ2) is 4.60. The average molecular weight is 201 g/mol. The monoisotopic (exact) mass is 201 g/mol. The highest BCUT2D eigenvalue weighted by molar-refractivity contribution is 4.82. The first-order valence-electron chi connectivity index (χ1n) is 5.48. The Morgan fingerprint density at radius 2 is 2.21 bits per heavy atom. The minimum atomic E-state index is -0.586. The fraction of sp³-hybridized carbons (Fsp3) is 1.00. The highest BCUT2D eigenvalue weighted by Crippen LogP contribution is 2.18. The van der Waals surface area contributed by atoms with Gasteiger partial charge in [-0.1, -0.05) is 13.8 Å². The lowest BCUT2D eigenvalue weighted by Gasteiger charge is -2.38. The van der Waals surface area contributed by atoms with E-state index < -0.39 is 5.60 Å². The molecule has 2 atom stereocenters. The van der Waals surface area contributed by atoms with Gasteiger partial charge >= 0.3 is 0 Å². The summed E-state index contributed by atoms with van der Waals surface area (Å²) < 4.78 is 5.46. The highest BCUT2D eigenvalue weighted by atomic mass is 16.5. The van der Waals surface area contributed by atoms with Gasteiger partial charge in [0, 0.05) is 19.6 Å². The molecular weight excluding hydrogens is 178 g/mol. The van der Waals surface area contributed by atoms with Gasteiger partial charge < -0.3 is 9.84 Å². The van der Waals surface area contributed by atoms with Gasteiger partial charge in [0.15, 0.2) is 0 Å². The topological polar surface area (TPSA) is 32.7 Å². The van der Waals surface area contributed by atoms with Crippen molar-refractivity contribution in [1.29, 1.82) is 0 Å². The molecule has 0 aromatic heterocycles. The van der Waals surface area contributed by atoms with Crippen molar-refractivity contribution in [3.63, 3.8) is 0 Å². The standard InChI is InChI=1S/C11H23NO2/c1-9(2)11(4,13)8-12-5-6-14-10(3)7-12/h9-10,13H,5-8H2,1-4H3. The van der Waals surface area contributed by atoms with Gasteiger partial charge in [-0.2, -0.15) is 0 Å². The van der Waals surface area contributed by atoms with Crippen molar-refractivity contribution < 1.29 is 9.84 Å². The molecule has 1 fully saturated rings. The Bertz CT molecular complexity index is 180. The molecule has 0 bridgehead atoms. The molecule has 0 aliphatic carbocycles. The first-order chi connectivity index (χ1) is 6.42. The normalized spacial score (nSPS) is 29.1. The Labute approximate surface area is 87.1 Å². The molecule has 0 aromatic rings. The van der Waals surface area contributed by atoms with E-state index in [1.54, 1.807) is 0 Å². The number of nitrogens with zero attached hydrogens (tertiary/aromatic N) is 1. The fourth-order valence-electron chi connectivity index (χ4n) is 1.67. The summed E-state index contributed by atoms with van der Waals surface area (Å²) >= 11 is 0. The van der Waals surface area contributed by atoms with Crippen LogP contribution in [0, 0.1) is 5.92 Å². The molecular formula is C11H23NO2. The number of ether oxygens (including phenoxy) is 1. The summed E-state index contributed by atoms with van der Waals surface area (Å²) in [6.07, 6.45) is 0.298. The van der Waals surface area contributed by atoms with Crippen molar-refractivity contribution in [3.8, 4) is 0 Å². The van der Waals surface area contributed by atoms with Crippen LogP contribution in [0.1, 0.15) is 27.7 Å². The molecule has 0 amide bonds. The second-order valence-corrected chi connectivity index (χ2v) is 4.93. The van der Waals surface area contributed by atoms with Crippen LogP contribution < -0.4 is 0 Å². The fourth-order valence-corrected chi connectivity index (χ4v) is 1.67. The molecule has 3 nitrogen and oxygen atoms in total. The number of β-amino-alcohol motifs (C(OH)–C–C–N with tert-alkyl or cyclic N) is 1. The van der Waals surface area contributed by atoms with Gasteiger partial charge in [-0.15, -0.1) is 0 Å².